The van der Waals surface area contributed by atoms with E-state index in [2.05, 4.69) is 27.1 Å². The van der Waals surface area contributed by atoms with E-state index < -0.39 is 6.16 Å². The first-order valence-electron chi connectivity index (χ1n) is 13.4. The summed E-state index contributed by atoms with van der Waals surface area (Å²) >= 11 is 0. The molecule has 2 aromatic rings. The van der Waals surface area contributed by atoms with Crippen molar-refractivity contribution < 1.29 is 28.5 Å². The lowest BCUT2D eigenvalue weighted by atomic mass is 10.0. The zero-order valence-corrected chi connectivity index (χ0v) is 22.9. The van der Waals surface area contributed by atoms with E-state index in [4.69, 9.17) is 24.0 Å². The first-order valence-corrected chi connectivity index (χ1v) is 13.4. The highest BCUT2D eigenvalue weighted by Crippen LogP contribution is 2.38. The highest BCUT2D eigenvalue weighted by atomic mass is 16.7. The van der Waals surface area contributed by atoms with E-state index in [1.54, 1.807) is 18.7 Å². The van der Waals surface area contributed by atoms with Crippen LogP contribution < -0.4 is 26.5 Å². The topological polar surface area (TPSA) is 143 Å². The molecule has 3 heterocycles. The van der Waals surface area contributed by atoms with Gasteiger partial charge in [-0.15, -0.1) is 0 Å². The molecule has 0 bridgehead atoms. The smallest absolute Gasteiger partial charge is 0.446 e. The third-order valence-electron chi connectivity index (χ3n) is 7.37. The average Bonchev–Trinajstić information content (AvgIpc) is 3.22. The second-order valence-corrected chi connectivity index (χ2v) is 10.5. The number of aromatic nitrogens is 4. The maximum absolute atomic E-state index is 12.3. The van der Waals surface area contributed by atoms with Gasteiger partial charge in [0.05, 0.1) is 18.9 Å². The zero-order valence-electron chi connectivity index (χ0n) is 22.9. The molecule has 1 amide bonds. The minimum absolute atomic E-state index is 0.0753. The van der Waals surface area contributed by atoms with Gasteiger partial charge in [0, 0.05) is 49.1 Å². The van der Waals surface area contributed by atoms with Crippen LogP contribution in [0.4, 0.5) is 15.4 Å². The number of carbonyl (C=O) groups is 2. The fraction of sp³-hybridized carbons (Fsp3) is 0.615. The lowest BCUT2D eigenvalue weighted by Gasteiger charge is -2.17. The Balaban J connectivity index is 1.36. The van der Waals surface area contributed by atoms with E-state index in [0.29, 0.717) is 25.4 Å². The van der Waals surface area contributed by atoms with Crippen LogP contribution in [0.25, 0.3) is 11.9 Å². The van der Waals surface area contributed by atoms with Crippen molar-refractivity contribution in [1.29, 1.82) is 0 Å². The van der Waals surface area contributed by atoms with Crippen LogP contribution in [0.1, 0.15) is 63.3 Å². The number of nitrogens with one attached hydrogen (secondary N) is 3. The van der Waals surface area contributed by atoms with Crippen molar-refractivity contribution in [3.05, 3.63) is 28.0 Å². The molecule has 39 heavy (non-hydrogen) atoms. The van der Waals surface area contributed by atoms with Gasteiger partial charge < -0.3 is 34.9 Å². The fourth-order valence-electron chi connectivity index (χ4n) is 5.17. The second-order valence-electron chi connectivity index (χ2n) is 10.5. The number of fused-ring (bicyclic) bond motifs is 1. The molecule has 1 aliphatic heterocycles. The molecule has 3 aliphatic rings. The predicted octanol–water partition coefficient (Wildman–Crippen LogP) is 1.37. The van der Waals surface area contributed by atoms with Gasteiger partial charge in [0.1, 0.15) is 17.3 Å². The molecule has 2 fully saturated rings. The molecule has 0 unspecified atom stereocenters. The molecule has 212 valence electrons. The van der Waals surface area contributed by atoms with Crippen molar-refractivity contribution in [2.45, 2.75) is 76.9 Å². The Labute approximate surface area is 226 Å². The van der Waals surface area contributed by atoms with Gasteiger partial charge in [-0.1, -0.05) is 6.08 Å². The highest BCUT2D eigenvalue weighted by Gasteiger charge is 2.40. The number of hydrogen-bond donors (Lipinski definition) is 3. The van der Waals surface area contributed by atoms with Crippen LogP contribution in [0.5, 0.6) is 0 Å². The van der Waals surface area contributed by atoms with Crippen molar-refractivity contribution in [3.63, 3.8) is 0 Å². The Kier molecular flexibility index (Phi) is 7.69. The van der Waals surface area contributed by atoms with Crippen LogP contribution in [0, 0.1) is 0 Å². The number of rotatable bonds is 10. The largest absolute Gasteiger partial charge is 0.510 e. The van der Waals surface area contributed by atoms with Gasteiger partial charge in [0.25, 0.3) is 0 Å². The monoisotopic (exact) mass is 543 g/mol. The summed E-state index contributed by atoms with van der Waals surface area (Å²) < 4.78 is 24.7. The van der Waals surface area contributed by atoms with Crippen molar-refractivity contribution in [2.75, 3.05) is 25.6 Å². The first-order chi connectivity index (χ1) is 18.8. The van der Waals surface area contributed by atoms with Gasteiger partial charge in [-0.25, -0.2) is 14.3 Å². The molecular weight excluding hydrogens is 506 g/mol. The van der Waals surface area contributed by atoms with E-state index in [1.807, 2.05) is 24.7 Å². The van der Waals surface area contributed by atoms with E-state index >= 15 is 0 Å². The molecule has 13 nitrogen and oxygen atoms in total. The molecule has 0 spiro atoms. The van der Waals surface area contributed by atoms with Crippen LogP contribution in [0.2, 0.25) is 0 Å². The Morgan fingerprint density at radius 1 is 1.23 bits per heavy atom. The van der Waals surface area contributed by atoms with Gasteiger partial charge in [-0.3, -0.25) is 4.68 Å². The number of ether oxygens (including phenoxy) is 4. The van der Waals surface area contributed by atoms with Gasteiger partial charge in [-0.2, -0.15) is 10.2 Å². The lowest BCUT2D eigenvalue weighted by molar-refractivity contribution is 0.0323. The summed E-state index contributed by atoms with van der Waals surface area (Å²) in [5.74, 6) is 1.43. The summed E-state index contributed by atoms with van der Waals surface area (Å²) in [4.78, 5) is 24.2. The average molecular weight is 544 g/mol. The Bertz CT molecular complexity index is 1350. The summed E-state index contributed by atoms with van der Waals surface area (Å²) in [6.07, 6.45) is 4.95. The zero-order chi connectivity index (χ0) is 27.6. The Hall–Kier alpha value is -3.74. The van der Waals surface area contributed by atoms with E-state index in [1.165, 1.54) is 0 Å². The molecule has 3 N–H and O–H groups in total. The molecule has 2 saturated carbocycles. The molecule has 5 rings (SSSR count). The molecule has 2 aromatic heterocycles. The highest BCUT2D eigenvalue weighted by molar-refractivity contribution is 5.69. The Morgan fingerprint density at radius 2 is 2.05 bits per heavy atom. The number of aryl methyl sites for hydroxylation is 1. The van der Waals surface area contributed by atoms with E-state index in [0.717, 1.165) is 53.5 Å². The van der Waals surface area contributed by atoms with Crippen molar-refractivity contribution in [2.24, 2.45) is 7.05 Å². The normalized spacial score (nSPS) is 20.9. The van der Waals surface area contributed by atoms with Gasteiger partial charge >= 0.3 is 12.2 Å². The molecule has 0 aromatic carbocycles. The third kappa shape index (κ3) is 6.13. The summed E-state index contributed by atoms with van der Waals surface area (Å²) in [6.45, 7) is 4.91. The summed E-state index contributed by atoms with van der Waals surface area (Å²) in [7, 11) is 3.53. The number of nitrogens with zero attached hydrogens (tertiary/aromatic N) is 4. The number of hydrogen-bond acceptors (Lipinski definition) is 10. The minimum atomic E-state index is -0.754. The minimum Gasteiger partial charge on any atom is -0.446 e. The SMILES string of the molecule is CCOC(=O)OCn1nc(NC2=c3c(c(COC)nn3C)=CCN2)cc1[C@H]1CC[C@@H](OC(=O)NC2(C)CC2)C1. The molecule has 0 saturated heterocycles. The molecule has 13 heteroatoms. The molecule has 2 atom stereocenters. The van der Waals surface area contributed by atoms with Crippen LogP contribution in [0.15, 0.2) is 6.07 Å². The number of carbonyl (C=O) groups excluding carboxylic acids is 2. The number of amides is 1. The van der Waals surface area contributed by atoms with Crippen molar-refractivity contribution in [1.82, 2.24) is 30.2 Å². The van der Waals surface area contributed by atoms with Gasteiger partial charge in [0.15, 0.2) is 12.5 Å². The quantitative estimate of drug-likeness (QED) is 0.376. The standard InChI is InChI=1S/C26H37N7O6/c1-5-37-25(35)38-15-33-20(16-6-7-17(12-16)39-24(34)29-26(2)9-10-26)13-21(31-33)28-23-22-18(8-11-27-23)19(14-36-4)30-32(22)3/h8,13,16-17,27H,5-7,9-12,14-15H2,1-4H3,(H,28,31)(H,29,34)/t16-,17+/m0/s1. The third-order valence-corrected chi connectivity index (χ3v) is 7.37. The summed E-state index contributed by atoms with van der Waals surface area (Å²) in [6, 6.07) is 1.95. The molecular formula is C26H37N7O6. The first kappa shape index (κ1) is 26.9. The van der Waals surface area contributed by atoms with Crippen LogP contribution in [-0.2, 0) is 39.3 Å². The van der Waals surface area contributed by atoms with E-state index in [9.17, 15) is 9.59 Å². The fourth-order valence-corrected chi connectivity index (χ4v) is 5.17. The predicted molar refractivity (Wildman–Crippen MR) is 141 cm³/mol. The summed E-state index contributed by atoms with van der Waals surface area (Å²) in [5, 5.41) is 20.9. The van der Waals surface area contributed by atoms with Crippen LogP contribution in [-0.4, -0.2) is 63.7 Å². The van der Waals surface area contributed by atoms with Gasteiger partial charge in [0.2, 0.25) is 0 Å². The van der Waals surface area contributed by atoms with Gasteiger partial charge in [-0.05, 0) is 46.0 Å². The van der Waals surface area contributed by atoms with Crippen LogP contribution in [0.3, 0.4) is 0 Å². The number of anilines is 1. The van der Waals surface area contributed by atoms with Crippen LogP contribution >= 0.6 is 0 Å². The molecule has 2 aliphatic carbocycles. The summed E-state index contributed by atoms with van der Waals surface area (Å²) in [5.41, 5.74) is 1.62. The molecule has 0 radical (unpaired) electrons. The lowest BCUT2D eigenvalue weighted by Crippen LogP contribution is -2.43. The Morgan fingerprint density at radius 3 is 2.79 bits per heavy atom. The maximum Gasteiger partial charge on any atom is 0.510 e. The van der Waals surface area contributed by atoms with Crippen molar-refractivity contribution >= 4 is 30.0 Å². The maximum atomic E-state index is 12.3. The van der Waals surface area contributed by atoms with Crippen molar-refractivity contribution in [3.8, 4) is 0 Å². The number of alkyl carbamates (subject to hydrolysis) is 1. The second kappa shape index (κ2) is 11.2. The van der Waals surface area contributed by atoms with E-state index in [-0.39, 0.29) is 37.0 Å². The number of methoxy groups -OCH3 is 1.